The van der Waals surface area contributed by atoms with Crippen LogP contribution in [0.25, 0.3) is 0 Å². The van der Waals surface area contributed by atoms with Crippen molar-refractivity contribution in [2.75, 3.05) is 4.90 Å². The second kappa shape index (κ2) is 9.13. The molecule has 0 radical (unpaired) electrons. The quantitative estimate of drug-likeness (QED) is 0.459. The number of benzene rings is 3. The second-order valence-electron chi connectivity index (χ2n) is 8.16. The summed E-state index contributed by atoms with van der Waals surface area (Å²) in [6, 6.07) is 25.2. The Balaban J connectivity index is 1.41. The zero-order chi connectivity index (χ0) is 21.9. The summed E-state index contributed by atoms with van der Waals surface area (Å²) in [7, 11) is 0. The number of thioether (sulfide) groups is 1. The number of amidine groups is 1. The minimum Gasteiger partial charge on any atom is -0.294 e. The van der Waals surface area contributed by atoms with Crippen LogP contribution in [0.15, 0.2) is 83.9 Å². The Bertz CT molecular complexity index is 1170. The first kappa shape index (κ1) is 20.7. The highest BCUT2D eigenvalue weighted by molar-refractivity contribution is 8.16. The van der Waals surface area contributed by atoms with E-state index in [1.54, 1.807) is 4.90 Å². The van der Waals surface area contributed by atoms with Gasteiger partial charge in [-0.05, 0) is 67.1 Å². The van der Waals surface area contributed by atoms with Gasteiger partial charge < -0.3 is 0 Å². The standard InChI is InChI=1S/C27H24N2O2S/c30-24(21-16-15-19-9-7-8-10-20(19)17-21)18-25-26(31)29(23-13-5-2-6-14-23)27(32-25)28-22-11-3-1-4-12-22/h1-6,11-17,25H,7-10,18H2. The van der Waals surface area contributed by atoms with Crippen molar-refractivity contribution in [3.05, 3.63) is 95.6 Å². The third-order valence-electron chi connectivity index (χ3n) is 5.97. The van der Waals surface area contributed by atoms with Gasteiger partial charge in [0.2, 0.25) is 5.91 Å². The van der Waals surface area contributed by atoms with E-state index in [0.717, 1.165) is 24.2 Å². The lowest BCUT2D eigenvalue weighted by atomic mass is 9.89. The summed E-state index contributed by atoms with van der Waals surface area (Å²) in [6.07, 6.45) is 4.67. The molecule has 1 fully saturated rings. The number of aryl methyl sites for hydroxylation is 2. The third-order valence-corrected chi connectivity index (χ3v) is 7.11. The van der Waals surface area contributed by atoms with Crippen molar-refractivity contribution >= 4 is 40.0 Å². The van der Waals surface area contributed by atoms with Crippen molar-refractivity contribution < 1.29 is 9.59 Å². The Morgan fingerprint density at radius 2 is 1.59 bits per heavy atom. The smallest absolute Gasteiger partial charge is 0.247 e. The Hall–Kier alpha value is -3.18. The van der Waals surface area contributed by atoms with Crippen molar-refractivity contribution in [3.8, 4) is 0 Å². The van der Waals surface area contributed by atoms with Crippen LogP contribution >= 0.6 is 11.8 Å². The molecule has 4 nitrogen and oxygen atoms in total. The van der Waals surface area contributed by atoms with Gasteiger partial charge in [0.1, 0.15) is 0 Å². The summed E-state index contributed by atoms with van der Waals surface area (Å²) < 4.78 is 0. The predicted molar refractivity (Wildman–Crippen MR) is 131 cm³/mol. The van der Waals surface area contributed by atoms with E-state index in [4.69, 9.17) is 4.99 Å². The molecule has 0 aromatic heterocycles. The van der Waals surface area contributed by atoms with E-state index in [1.807, 2.05) is 72.8 Å². The molecule has 1 heterocycles. The number of fused-ring (bicyclic) bond motifs is 1. The lowest BCUT2D eigenvalue weighted by molar-refractivity contribution is -0.116. The van der Waals surface area contributed by atoms with Gasteiger partial charge in [-0.1, -0.05) is 60.3 Å². The number of anilines is 1. The normalized spacial score (nSPS) is 19.2. The summed E-state index contributed by atoms with van der Waals surface area (Å²) >= 11 is 1.37. The highest BCUT2D eigenvalue weighted by atomic mass is 32.2. The molecule has 160 valence electrons. The highest BCUT2D eigenvalue weighted by Crippen LogP contribution is 2.36. The topological polar surface area (TPSA) is 49.7 Å². The number of ketones is 1. The van der Waals surface area contributed by atoms with E-state index in [-0.39, 0.29) is 18.1 Å². The Labute approximate surface area is 192 Å². The molecular weight excluding hydrogens is 416 g/mol. The van der Waals surface area contributed by atoms with Crippen LogP contribution < -0.4 is 4.90 Å². The molecule has 32 heavy (non-hydrogen) atoms. The van der Waals surface area contributed by atoms with E-state index in [9.17, 15) is 9.59 Å². The van der Waals surface area contributed by atoms with Crippen molar-refractivity contribution in [2.24, 2.45) is 4.99 Å². The fraction of sp³-hybridized carbons (Fsp3) is 0.222. The summed E-state index contributed by atoms with van der Waals surface area (Å²) in [5.74, 6) is -0.0830. The minimum absolute atomic E-state index is 0.0122. The van der Waals surface area contributed by atoms with Crippen molar-refractivity contribution in [1.29, 1.82) is 0 Å². The number of amides is 1. The molecule has 5 rings (SSSR count). The SMILES string of the molecule is O=C(CC1SC(=Nc2ccccc2)N(c2ccccc2)C1=O)c1ccc2c(c1)CCCC2. The second-order valence-corrected chi connectivity index (χ2v) is 9.33. The number of hydrogen-bond acceptors (Lipinski definition) is 4. The first-order chi connectivity index (χ1) is 15.7. The molecule has 1 saturated heterocycles. The van der Waals surface area contributed by atoms with Crippen molar-refractivity contribution in [2.45, 2.75) is 37.4 Å². The van der Waals surface area contributed by atoms with E-state index >= 15 is 0 Å². The first-order valence-electron chi connectivity index (χ1n) is 11.0. The van der Waals surface area contributed by atoms with Gasteiger partial charge >= 0.3 is 0 Å². The van der Waals surface area contributed by atoms with Gasteiger partial charge in [-0.2, -0.15) is 0 Å². The molecule has 2 aliphatic rings. The summed E-state index contributed by atoms with van der Waals surface area (Å²) in [6.45, 7) is 0. The van der Waals surface area contributed by atoms with Crippen LogP contribution in [0.5, 0.6) is 0 Å². The van der Waals surface area contributed by atoms with Crippen LogP contribution in [0.1, 0.15) is 40.7 Å². The van der Waals surface area contributed by atoms with Crippen LogP contribution in [-0.2, 0) is 17.6 Å². The van der Waals surface area contributed by atoms with Gasteiger partial charge in [-0.25, -0.2) is 4.99 Å². The maximum absolute atomic E-state index is 13.4. The molecule has 1 amide bonds. The Morgan fingerprint density at radius 1 is 0.906 bits per heavy atom. The number of rotatable bonds is 5. The van der Waals surface area contributed by atoms with Crippen LogP contribution in [0.4, 0.5) is 11.4 Å². The third kappa shape index (κ3) is 4.26. The molecular formula is C27H24N2O2S. The number of carbonyl (C=O) groups excluding carboxylic acids is 2. The lowest BCUT2D eigenvalue weighted by Crippen LogP contribution is -2.32. The molecule has 1 aliphatic heterocycles. The number of hydrogen-bond donors (Lipinski definition) is 0. The van der Waals surface area contributed by atoms with Gasteiger partial charge in [-0.15, -0.1) is 0 Å². The van der Waals surface area contributed by atoms with E-state index in [1.165, 1.54) is 35.7 Å². The molecule has 5 heteroatoms. The molecule has 3 aromatic rings. The molecule has 0 N–H and O–H groups in total. The molecule has 1 unspecified atom stereocenters. The van der Waals surface area contributed by atoms with Gasteiger partial charge in [-0.3, -0.25) is 14.5 Å². The number of Topliss-reactive ketones (excluding diaryl/α,β-unsaturated/α-hetero) is 1. The average Bonchev–Trinajstić information content (AvgIpc) is 3.14. The van der Waals surface area contributed by atoms with E-state index in [0.29, 0.717) is 10.7 Å². The Kier molecular flexibility index (Phi) is 5.91. The molecule has 1 aliphatic carbocycles. The van der Waals surface area contributed by atoms with Crippen LogP contribution in [0.3, 0.4) is 0 Å². The number of aliphatic imine (C=N–C) groups is 1. The van der Waals surface area contributed by atoms with E-state index in [2.05, 4.69) is 6.07 Å². The zero-order valence-corrected chi connectivity index (χ0v) is 18.6. The van der Waals surface area contributed by atoms with Gasteiger partial charge in [0.25, 0.3) is 0 Å². The maximum Gasteiger partial charge on any atom is 0.247 e. The largest absolute Gasteiger partial charge is 0.294 e. The van der Waals surface area contributed by atoms with Crippen molar-refractivity contribution in [1.82, 2.24) is 0 Å². The van der Waals surface area contributed by atoms with E-state index < -0.39 is 5.25 Å². The molecule has 3 aromatic carbocycles. The molecule has 0 saturated carbocycles. The highest BCUT2D eigenvalue weighted by Gasteiger charge is 2.40. The predicted octanol–water partition coefficient (Wildman–Crippen LogP) is 5.97. The fourth-order valence-corrected chi connectivity index (χ4v) is 5.45. The molecule has 0 spiro atoms. The lowest BCUT2D eigenvalue weighted by Gasteiger charge is -2.17. The summed E-state index contributed by atoms with van der Waals surface area (Å²) in [5, 5.41) is 0.122. The first-order valence-corrected chi connectivity index (χ1v) is 11.9. The fourth-order valence-electron chi connectivity index (χ4n) is 4.29. The minimum atomic E-state index is -0.485. The average molecular weight is 441 g/mol. The van der Waals surface area contributed by atoms with Crippen LogP contribution in [0, 0.1) is 0 Å². The zero-order valence-electron chi connectivity index (χ0n) is 17.7. The van der Waals surface area contributed by atoms with Gasteiger partial charge in [0.05, 0.1) is 16.6 Å². The van der Waals surface area contributed by atoms with Crippen LogP contribution in [-0.4, -0.2) is 22.1 Å². The summed E-state index contributed by atoms with van der Waals surface area (Å²) in [5.41, 5.74) is 4.89. The number of nitrogens with zero attached hydrogens (tertiary/aromatic N) is 2. The Morgan fingerprint density at radius 3 is 2.34 bits per heavy atom. The number of para-hydroxylation sites is 2. The molecule has 1 atom stereocenters. The molecule has 0 bridgehead atoms. The maximum atomic E-state index is 13.4. The van der Waals surface area contributed by atoms with Crippen molar-refractivity contribution in [3.63, 3.8) is 0 Å². The monoisotopic (exact) mass is 440 g/mol. The van der Waals surface area contributed by atoms with Gasteiger partial charge in [0.15, 0.2) is 11.0 Å². The number of carbonyl (C=O) groups is 2. The van der Waals surface area contributed by atoms with Crippen LogP contribution in [0.2, 0.25) is 0 Å². The van der Waals surface area contributed by atoms with Gasteiger partial charge in [0, 0.05) is 12.0 Å². The summed E-state index contributed by atoms with van der Waals surface area (Å²) in [4.78, 5) is 32.9.